The lowest BCUT2D eigenvalue weighted by Gasteiger charge is -2.19. The summed E-state index contributed by atoms with van der Waals surface area (Å²) in [6, 6.07) is 6.48. The third-order valence-corrected chi connectivity index (χ3v) is 3.93. The normalized spacial score (nSPS) is 10.8. The first-order valence-electron chi connectivity index (χ1n) is 7.42. The molecule has 0 radical (unpaired) electrons. The van der Waals surface area contributed by atoms with Crippen molar-refractivity contribution in [3.63, 3.8) is 0 Å². The summed E-state index contributed by atoms with van der Waals surface area (Å²) in [7, 11) is 0. The van der Waals surface area contributed by atoms with E-state index in [2.05, 4.69) is 6.92 Å². The first kappa shape index (κ1) is 15.2. The Kier molecular flexibility index (Phi) is 4.41. The number of phenols is 3. The second-order valence-electron chi connectivity index (χ2n) is 5.16. The highest BCUT2D eigenvalue weighted by Gasteiger charge is 2.19. The van der Waals surface area contributed by atoms with Gasteiger partial charge in [-0.25, -0.2) is 0 Å². The van der Waals surface area contributed by atoms with Crippen molar-refractivity contribution in [2.45, 2.75) is 40.0 Å². The van der Waals surface area contributed by atoms with Crippen LogP contribution in [0.3, 0.4) is 0 Å². The van der Waals surface area contributed by atoms with E-state index in [1.165, 1.54) is 12.1 Å². The molecular weight excluding hydrogens is 264 g/mol. The van der Waals surface area contributed by atoms with Gasteiger partial charge in [-0.15, -0.1) is 0 Å². The molecule has 112 valence electrons. The molecule has 3 nitrogen and oxygen atoms in total. The van der Waals surface area contributed by atoms with Crippen LogP contribution in [-0.4, -0.2) is 15.3 Å². The molecule has 3 heteroatoms. The van der Waals surface area contributed by atoms with Gasteiger partial charge in [-0.05, 0) is 54.2 Å². The van der Waals surface area contributed by atoms with Gasteiger partial charge in [0.25, 0.3) is 0 Å². The molecule has 2 aromatic rings. The van der Waals surface area contributed by atoms with E-state index in [1.807, 2.05) is 19.9 Å². The summed E-state index contributed by atoms with van der Waals surface area (Å²) in [5.41, 5.74) is 4.23. The van der Waals surface area contributed by atoms with Gasteiger partial charge in [0.2, 0.25) is 0 Å². The lowest BCUT2D eigenvalue weighted by molar-refractivity contribution is 0.459. The maximum Gasteiger partial charge on any atom is 0.123 e. The van der Waals surface area contributed by atoms with Crippen LogP contribution in [0.1, 0.15) is 37.5 Å². The topological polar surface area (TPSA) is 60.7 Å². The zero-order chi connectivity index (χ0) is 15.6. The van der Waals surface area contributed by atoms with E-state index < -0.39 is 0 Å². The molecule has 0 bridgehead atoms. The molecule has 0 saturated carbocycles. The molecule has 0 aliphatic rings. The molecule has 2 rings (SSSR count). The summed E-state index contributed by atoms with van der Waals surface area (Å²) in [4.78, 5) is 0. The van der Waals surface area contributed by atoms with Crippen LogP contribution >= 0.6 is 0 Å². The van der Waals surface area contributed by atoms with Crippen LogP contribution in [0.2, 0.25) is 0 Å². The Morgan fingerprint density at radius 3 is 2.05 bits per heavy atom. The predicted molar refractivity (Wildman–Crippen MR) is 85.0 cm³/mol. The predicted octanol–water partition coefficient (Wildman–Crippen LogP) is 4.16. The fourth-order valence-electron chi connectivity index (χ4n) is 2.81. The molecule has 0 saturated heterocycles. The van der Waals surface area contributed by atoms with E-state index in [1.54, 1.807) is 6.07 Å². The number of phenolic OH excluding ortho intramolecular Hbond substituents is 3. The van der Waals surface area contributed by atoms with E-state index in [0.29, 0.717) is 17.7 Å². The smallest absolute Gasteiger partial charge is 0.123 e. The van der Waals surface area contributed by atoms with Crippen molar-refractivity contribution in [3.8, 4) is 28.4 Å². The van der Waals surface area contributed by atoms with Crippen molar-refractivity contribution in [1.29, 1.82) is 0 Å². The van der Waals surface area contributed by atoms with Gasteiger partial charge in [-0.1, -0.05) is 26.8 Å². The Labute approximate surface area is 125 Å². The fourth-order valence-corrected chi connectivity index (χ4v) is 2.81. The standard InChI is InChI=1S/C18H22O3/c1-4-11-9-12(5-2)18(21)14(6-3)17(11)15-10-13(19)7-8-16(15)20/h7-10,19-21H,4-6H2,1-3H3. The maximum atomic E-state index is 10.5. The summed E-state index contributed by atoms with van der Waals surface area (Å²) in [6.07, 6.45) is 2.22. The Bertz CT molecular complexity index is 660. The molecule has 0 atom stereocenters. The number of benzene rings is 2. The molecule has 0 unspecified atom stereocenters. The SMILES string of the molecule is CCc1cc(CC)c(-c2cc(O)ccc2O)c(CC)c1O. The minimum atomic E-state index is 0.103. The van der Waals surface area contributed by atoms with Gasteiger partial charge in [0.1, 0.15) is 17.2 Å². The number of rotatable bonds is 4. The van der Waals surface area contributed by atoms with Gasteiger partial charge in [0, 0.05) is 11.1 Å². The molecule has 0 aromatic heterocycles. The highest BCUT2D eigenvalue weighted by molar-refractivity contribution is 5.80. The van der Waals surface area contributed by atoms with Gasteiger partial charge in [0.05, 0.1) is 0 Å². The molecule has 0 aliphatic heterocycles. The van der Waals surface area contributed by atoms with Gasteiger partial charge in [-0.3, -0.25) is 0 Å². The van der Waals surface area contributed by atoms with Crippen LogP contribution in [-0.2, 0) is 19.3 Å². The van der Waals surface area contributed by atoms with Crippen molar-refractivity contribution in [3.05, 3.63) is 41.0 Å². The molecule has 0 spiro atoms. The molecule has 21 heavy (non-hydrogen) atoms. The number of aromatic hydroxyl groups is 3. The van der Waals surface area contributed by atoms with E-state index in [9.17, 15) is 15.3 Å². The Morgan fingerprint density at radius 1 is 0.810 bits per heavy atom. The quantitative estimate of drug-likeness (QED) is 0.740. The average Bonchev–Trinajstić information content (AvgIpc) is 2.49. The molecule has 2 aromatic carbocycles. The number of hydrogen-bond acceptors (Lipinski definition) is 3. The lowest BCUT2D eigenvalue weighted by atomic mass is 9.88. The number of hydrogen-bond donors (Lipinski definition) is 3. The summed E-state index contributed by atoms with van der Waals surface area (Å²) < 4.78 is 0. The fraction of sp³-hybridized carbons (Fsp3) is 0.333. The van der Waals surface area contributed by atoms with Crippen LogP contribution in [0.4, 0.5) is 0 Å². The lowest BCUT2D eigenvalue weighted by Crippen LogP contribution is -1.99. The van der Waals surface area contributed by atoms with E-state index in [0.717, 1.165) is 35.1 Å². The van der Waals surface area contributed by atoms with Crippen molar-refractivity contribution in [1.82, 2.24) is 0 Å². The van der Waals surface area contributed by atoms with E-state index >= 15 is 0 Å². The van der Waals surface area contributed by atoms with Crippen LogP contribution in [0.15, 0.2) is 24.3 Å². The second kappa shape index (κ2) is 6.08. The molecule has 0 aliphatic carbocycles. The summed E-state index contributed by atoms with van der Waals surface area (Å²) in [5, 5.41) is 30.3. The maximum absolute atomic E-state index is 10.5. The minimum Gasteiger partial charge on any atom is -0.508 e. The highest BCUT2D eigenvalue weighted by atomic mass is 16.3. The van der Waals surface area contributed by atoms with Gasteiger partial charge < -0.3 is 15.3 Å². The Balaban J connectivity index is 2.83. The van der Waals surface area contributed by atoms with E-state index in [4.69, 9.17) is 0 Å². The monoisotopic (exact) mass is 286 g/mol. The first-order valence-corrected chi connectivity index (χ1v) is 7.42. The van der Waals surface area contributed by atoms with Gasteiger partial charge in [0.15, 0.2) is 0 Å². The van der Waals surface area contributed by atoms with E-state index in [-0.39, 0.29) is 11.5 Å². The van der Waals surface area contributed by atoms with Crippen molar-refractivity contribution >= 4 is 0 Å². The third-order valence-electron chi connectivity index (χ3n) is 3.93. The largest absolute Gasteiger partial charge is 0.508 e. The minimum absolute atomic E-state index is 0.103. The summed E-state index contributed by atoms with van der Waals surface area (Å²) in [5.74, 6) is 0.516. The van der Waals surface area contributed by atoms with Crippen molar-refractivity contribution < 1.29 is 15.3 Å². The molecule has 0 fully saturated rings. The molecular formula is C18H22O3. The van der Waals surface area contributed by atoms with Crippen LogP contribution in [0, 0.1) is 0 Å². The van der Waals surface area contributed by atoms with Gasteiger partial charge in [-0.2, -0.15) is 0 Å². The summed E-state index contributed by atoms with van der Waals surface area (Å²) in [6.45, 7) is 6.05. The zero-order valence-electron chi connectivity index (χ0n) is 12.8. The zero-order valence-corrected chi connectivity index (χ0v) is 12.8. The van der Waals surface area contributed by atoms with Crippen LogP contribution in [0.5, 0.6) is 17.2 Å². The van der Waals surface area contributed by atoms with Crippen molar-refractivity contribution in [2.24, 2.45) is 0 Å². The Hall–Kier alpha value is -2.16. The third kappa shape index (κ3) is 2.68. The molecule has 0 amide bonds. The summed E-state index contributed by atoms with van der Waals surface area (Å²) >= 11 is 0. The van der Waals surface area contributed by atoms with Crippen LogP contribution in [0.25, 0.3) is 11.1 Å². The van der Waals surface area contributed by atoms with Crippen LogP contribution < -0.4 is 0 Å². The molecule has 3 N–H and O–H groups in total. The van der Waals surface area contributed by atoms with Crippen molar-refractivity contribution in [2.75, 3.05) is 0 Å². The average molecular weight is 286 g/mol. The Morgan fingerprint density at radius 2 is 1.48 bits per heavy atom. The van der Waals surface area contributed by atoms with Gasteiger partial charge >= 0.3 is 0 Å². The second-order valence-corrected chi connectivity index (χ2v) is 5.16. The molecule has 0 heterocycles. The number of aryl methyl sites for hydroxylation is 2. The highest BCUT2D eigenvalue weighted by Crippen LogP contribution is 2.41. The first-order chi connectivity index (χ1) is 10.0.